The number of esters is 2. The number of ether oxygens (including phenoxy) is 11. The highest BCUT2D eigenvalue weighted by atomic mass is 35.5. The molecule has 4 unspecified atom stereocenters. The van der Waals surface area contributed by atoms with Crippen molar-refractivity contribution >= 4 is 84.2 Å². The van der Waals surface area contributed by atoms with Crippen LogP contribution in [0.5, 0.6) is 0 Å². The highest BCUT2D eigenvalue weighted by Gasteiger charge is 2.59. The number of carbonyl (C=O) groups is 4. The number of alkyl halides is 13. The minimum atomic E-state index is -5.62. The molecule has 0 radical (unpaired) electrons. The topological polar surface area (TPSA) is 487 Å². The van der Waals surface area contributed by atoms with Gasteiger partial charge in [-0.05, 0) is 146 Å². The maximum absolute atomic E-state index is 13.1. The lowest BCUT2D eigenvalue weighted by atomic mass is 10.1. The number of nitrogens with two attached hydrogens (primary N) is 1. The largest absolute Gasteiger partial charge is 0.491 e. The van der Waals surface area contributed by atoms with E-state index in [1.165, 1.54) is 34.1 Å². The number of hydrogen-bond acceptors (Lipinski definition) is 31. The van der Waals surface area contributed by atoms with Gasteiger partial charge in [0.1, 0.15) is 73.2 Å². The van der Waals surface area contributed by atoms with Crippen molar-refractivity contribution in [3.05, 3.63) is 154 Å². The third kappa shape index (κ3) is 31.1. The summed E-state index contributed by atoms with van der Waals surface area (Å²) in [6, 6.07) is 0. The number of H-pyrrole nitrogens is 4. The number of rotatable bonds is 22. The van der Waals surface area contributed by atoms with E-state index in [1.54, 1.807) is 76.9 Å². The third-order valence-corrected chi connectivity index (χ3v) is 20.7. The van der Waals surface area contributed by atoms with E-state index in [0.717, 1.165) is 10.8 Å². The number of hydrogen-bond donors (Lipinski definition) is 12. The molecule has 54 heteroatoms. The number of allylic oxidation sites excluding steroid dienone is 4. The van der Waals surface area contributed by atoms with Crippen molar-refractivity contribution in [1.82, 2.24) is 53.3 Å². The molecule has 4 aromatic heterocycles. The second-order valence-corrected chi connectivity index (χ2v) is 33.9. The van der Waals surface area contributed by atoms with Gasteiger partial charge in [0.2, 0.25) is 0 Å². The zero-order valence-electron chi connectivity index (χ0n) is 72.6. The van der Waals surface area contributed by atoms with Crippen molar-refractivity contribution < 1.29 is 155 Å². The lowest BCUT2D eigenvalue weighted by Crippen LogP contribution is -2.42. The molecule has 0 aromatic carbocycles. The molecule has 16 atom stereocenters. The summed E-state index contributed by atoms with van der Waals surface area (Å²) in [6.07, 6.45) is -21.3. The molecule has 0 saturated carbocycles. The van der Waals surface area contributed by atoms with E-state index in [1.807, 2.05) is 53.7 Å². The molecule has 37 nitrogen and oxygen atoms in total. The number of amides is 2. The van der Waals surface area contributed by atoms with Crippen molar-refractivity contribution in [1.29, 1.82) is 0 Å². The number of nitrogens with zero attached hydrogens (tertiary/aromatic N) is 6. The van der Waals surface area contributed by atoms with E-state index in [-0.39, 0.29) is 87.5 Å². The molecular weight excluding hydrogens is 1900 g/mol. The Kier molecular flexibility index (Phi) is 41.5. The van der Waals surface area contributed by atoms with E-state index in [9.17, 15) is 122 Å². The molecule has 132 heavy (non-hydrogen) atoms. The smallest absolute Gasteiger partial charge is 0.394 e. The van der Waals surface area contributed by atoms with Crippen LogP contribution in [0, 0.1) is 19.1 Å². The maximum Gasteiger partial charge on any atom is 0.491 e. The zero-order chi connectivity index (χ0) is 99.2. The van der Waals surface area contributed by atoms with Crippen LogP contribution < -0.4 is 33.3 Å². The van der Waals surface area contributed by atoms with Gasteiger partial charge < -0.3 is 104 Å². The Morgan fingerprint density at radius 1 is 0.455 bits per heavy atom. The van der Waals surface area contributed by atoms with E-state index in [2.05, 4.69) is 30.0 Å². The highest BCUT2D eigenvalue weighted by Crippen LogP contribution is 2.46. The number of aliphatic hydroxyl groups excluding tert-OH is 6. The van der Waals surface area contributed by atoms with Gasteiger partial charge in [-0.25, -0.2) is 9.59 Å². The molecule has 0 spiro atoms. The molecule has 11 heterocycles. The summed E-state index contributed by atoms with van der Waals surface area (Å²) in [7, 11) is 0. The van der Waals surface area contributed by atoms with Crippen LogP contribution >= 0.6 is 60.5 Å². The monoisotopic (exact) mass is 2000 g/mol. The fraction of sp³-hybridized carbons (Fsp3) is 0.641. The Balaban J connectivity index is 0.000000293. The normalized spacial score (nSPS) is 25.0. The minimum Gasteiger partial charge on any atom is -0.394 e. The quantitative estimate of drug-likeness (QED) is 0.00681. The lowest BCUT2D eigenvalue weighted by Gasteiger charge is -2.26. The first-order valence-electron chi connectivity index (χ1n) is 39.5. The molecule has 744 valence electrons. The van der Waals surface area contributed by atoms with E-state index < -0.39 is 195 Å². The summed E-state index contributed by atoms with van der Waals surface area (Å²) < 4.78 is 212. The molecule has 0 aliphatic carbocycles. The number of aliphatic hydroxyl groups is 6. The molecule has 4 aromatic rings. The van der Waals surface area contributed by atoms with Gasteiger partial charge in [-0.15, -0.1) is 11.6 Å². The molecular formula is C78H107ClF12N12O25S4. The van der Waals surface area contributed by atoms with Crippen LogP contribution in [0.25, 0.3) is 0 Å². The van der Waals surface area contributed by atoms with Gasteiger partial charge in [-0.3, -0.25) is 67.0 Å². The number of aromatic amines is 4. The van der Waals surface area contributed by atoms with E-state index in [0.29, 0.717) is 51.7 Å². The Bertz CT molecular complexity index is 5270. The van der Waals surface area contributed by atoms with E-state index >= 15 is 0 Å². The summed E-state index contributed by atoms with van der Waals surface area (Å²) >= 11 is 26.6. The second kappa shape index (κ2) is 47.8. The van der Waals surface area contributed by atoms with Crippen molar-refractivity contribution in [2.75, 3.05) is 52.6 Å². The van der Waals surface area contributed by atoms with Crippen molar-refractivity contribution in [2.24, 2.45) is 5.73 Å². The zero-order valence-corrected chi connectivity index (χ0v) is 76.6. The highest BCUT2D eigenvalue weighted by molar-refractivity contribution is 7.71. The first kappa shape index (κ1) is 115. The predicted molar refractivity (Wildman–Crippen MR) is 452 cm³/mol. The minimum absolute atomic E-state index is 0. The second-order valence-electron chi connectivity index (χ2n) is 32.1. The number of carbonyl (C=O) groups excluding carboxylic acids is 4. The van der Waals surface area contributed by atoms with Crippen LogP contribution in [0.2, 0.25) is 0 Å². The molecule has 13 N–H and O–H groups in total. The lowest BCUT2D eigenvalue weighted by molar-refractivity contribution is -0.221. The average Bonchev–Trinajstić information content (AvgIpc) is 1.60. The molecule has 7 saturated heterocycles. The van der Waals surface area contributed by atoms with E-state index in [4.69, 9.17) is 114 Å². The van der Waals surface area contributed by atoms with Gasteiger partial charge in [0, 0.05) is 68.6 Å². The first-order valence-corrected chi connectivity index (χ1v) is 41.6. The van der Waals surface area contributed by atoms with Crippen LogP contribution in [-0.4, -0.2) is 270 Å². The van der Waals surface area contributed by atoms with Crippen molar-refractivity contribution in [3.8, 4) is 0 Å². The molecule has 0 bridgehead atoms. The van der Waals surface area contributed by atoms with Gasteiger partial charge in [0.15, 0.2) is 61.4 Å². The number of fused-ring (bicyclic) bond motifs is 3. The Morgan fingerprint density at radius 2 is 0.735 bits per heavy atom. The van der Waals surface area contributed by atoms with Gasteiger partial charge in [0.05, 0.1) is 56.5 Å². The maximum atomic E-state index is 13.1. The van der Waals surface area contributed by atoms with Crippen LogP contribution in [0.4, 0.5) is 52.7 Å². The Hall–Kier alpha value is -7.83. The van der Waals surface area contributed by atoms with Gasteiger partial charge >= 0.3 is 48.5 Å². The molecule has 7 aliphatic heterocycles. The SMILES string of the molecule is C.CC(C)=CCN.CC(C)=CCN(Cc1cn([C@@H]2O[C@H](CO)[C@@H]3OC(C)(C)OC32)c(=S)[nH]c1=O)C(=O)C(F)(F)F.CC(C)=CCN(Cc1cn([C@@H]2O[C@H](CO)[C@H](O)C2O)c(=S)[nH]c1=O)C(=O)C(F)(F)F.CC(C)=CCNCc1cn([C@@H]2O[C@H](CO)[C@@H]3OC(C)(C)OC32)c(=S)[nH]c1=O.CC1(C)OC2[C@@H](O1)[C@@H](CO)O[C@H]2n1cc(CCl)c(=O)[nH]c1=S.O=C(OC(=O)C(F)(F)F)C(F)(F)F. The summed E-state index contributed by atoms with van der Waals surface area (Å²) in [4.78, 5) is 103. The fourth-order valence-corrected chi connectivity index (χ4v) is 14.4. The standard InChI is InChI=1S/C20H26F3N3O6S.C18H27N3O5S.C17H22F3N3O6S.C13H17ClN2O5S.C5H11N.C4F6O3.CH4/c1-10(2)5-6-25(17(29)20(21,22)23)7-11-8-26(18(33)24-15(11)28)16-14-13(12(9-27)30-16)31-19(3,4)32-14;1-10(2)5-6-19-7-11-8-21(17(27)20-15(11)23)16-14-13(12(9-22)24-16)25-18(3,4)26-14;1-8(2)3-4-22(15(28)17(18,19)20)5-9-6-23(16(30)21-13(9)27)14-12(26)11(25)10(7-24)29-14;1-13(2)20-8-7(5-17)19-11(9(8)21-13)16-4-6(3-14)10(18)15-12(16)22;1-5(2)3-4-6;5-3(6,7)1(11)13-2(12)4(8,9)10;/h5,8,12-14,16,27H,6-7,9H2,1-4H3,(H,24,28,33);5,8,12-14,16,19,22H,6-7,9H2,1-4H3,(H,20,23,27);3,6,10-12,14,24-26H,4-5,7H2,1-2H3,(H,21,27,30);4,7-9,11,17H,3,5H2,1-2H3,(H,15,18,22);3H,4,6H2,1-2H3;;1H4/t2*12-,13+,14?,16-;10-,11+,12?,14-;7-,8+,9?,11-;;;/m1111.../s1. The van der Waals surface area contributed by atoms with Crippen molar-refractivity contribution in [2.45, 2.75) is 270 Å². The van der Waals surface area contributed by atoms with Crippen molar-refractivity contribution in [3.63, 3.8) is 0 Å². The van der Waals surface area contributed by atoms with Gasteiger partial charge in [-0.2, -0.15) is 52.7 Å². The fourth-order valence-electron chi connectivity index (χ4n) is 13.2. The van der Waals surface area contributed by atoms with Crippen LogP contribution in [0.1, 0.15) is 152 Å². The summed E-state index contributed by atoms with van der Waals surface area (Å²) in [5.41, 5.74) is 7.45. The predicted octanol–water partition coefficient (Wildman–Crippen LogP) is 7.70. The number of aromatic nitrogens is 8. The van der Waals surface area contributed by atoms with Crippen LogP contribution in [0.15, 0.2) is 90.6 Å². The molecule has 7 aliphatic rings. The van der Waals surface area contributed by atoms with Crippen LogP contribution in [0.3, 0.4) is 0 Å². The number of halogens is 13. The summed E-state index contributed by atoms with van der Waals surface area (Å²) in [5, 5.41) is 61.2. The van der Waals surface area contributed by atoms with Crippen LogP contribution in [-0.2, 0) is 96.8 Å². The first-order chi connectivity index (χ1) is 60.5. The molecule has 7 fully saturated rings. The Labute approximate surface area is 771 Å². The number of nitrogens with one attached hydrogen (secondary N) is 5. The average molecular weight is 2000 g/mol. The molecule has 2 amide bonds. The molecule has 11 rings (SSSR count). The van der Waals surface area contributed by atoms with Gasteiger partial charge in [-0.1, -0.05) is 54.0 Å². The summed E-state index contributed by atoms with van der Waals surface area (Å²) in [6.45, 7) is 23.7. The third-order valence-electron chi connectivity index (χ3n) is 19.2. The summed E-state index contributed by atoms with van der Waals surface area (Å²) in [5.74, 6) is -13.0. The van der Waals surface area contributed by atoms with Gasteiger partial charge in [0.25, 0.3) is 22.2 Å². The Morgan fingerprint density at radius 3 is 1.01 bits per heavy atom.